The Morgan fingerprint density at radius 1 is 1.21 bits per heavy atom. The summed E-state index contributed by atoms with van der Waals surface area (Å²) in [6.07, 6.45) is 1.49. The van der Waals surface area contributed by atoms with E-state index in [4.69, 9.17) is 18.1 Å². The summed E-state index contributed by atoms with van der Waals surface area (Å²) in [4.78, 5) is 31.5. The first-order valence-corrected chi connectivity index (χ1v) is 11.9. The molecule has 2 aliphatic rings. The Kier molecular flexibility index (Phi) is 6.37. The van der Waals surface area contributed by atoms with Crippen molar-refractivity contribution in [3.63, 3.8) is 0 Å². The van der Waals surface area contributed by atoms with Gasteiger partial charge in [0, 0.05) is 42.2 Å². The number of halogens is 1. The summed E-state index contributed by atoms with van der Waals surface area (Å²) in [5, 5.41) is 19.0. The first kappa shape index (κ1) is 21.9. The van der Waals surface area contributed by atoms with E-state index in [0.717, 1.165) is 25.0 Å². The van der Waals surface area contributed by atoms with Gasteiger partial charge >= 0.3 is 0 Å². The monoisotopic (exact) mass is 529 g/mol. The molecule has 2 fully saturated rings. The van der Waals surface area contributed by atoms with Gasteiger partial charge in [-0.1, -0.05) is 5.16 Å². The topological polar surface area (TPSA) is 157 Å². The standard InChI is InChI=1S/C24H27FN8O5/c1-26-23(35)20-16(11-18(30-31-20)28-22(34)13-3-4-13)27-17-10-14(25)9-15(21(17)36-2)24-29-19(32-38-24)12-33-5-7-37-8-6-33/h9-11,13H,3-8,12H2,1-2H3,(H,26,35)(H2,27,28,30,34)/i1D3. The van der Waals surface area contributed by atoms with Gasteiger partial charge in [-0.05, 0) is 18.9 Å². The lowest BCUT2D eigenvalue weighted by Crippen LogP contribution is -2.35. The quantitative estimate of drug-likeness (QED) is 0.372. The number of amides is 2. The summed E-state index contributed by atoms with van der Waals surface area (Å²) in [7, 11) is 1.35. The lowest BCUT2D eigenvalue weighted by atomic mass is 10.1. The summed E-state index contributed by atoms with van der Waals surface area (Å²) in [5.41, 5.74) is -0.315. The fourth-order valence-corrected chi connectivity index (χ4v) is 3.95. The number of aromatic nitrogens is 4. The average Bonchev–Trinajstić information content (AvgIpc) is 3.67. The number of benzene rings is 1. The van der Waals surface area contributed by atoms with E-state index in [2.05, 4.69) is 35.9 Å². The lowest BCUT2D eigenvalue weighted by molar-refractivity contribution is -0.117. The fraction of sp³-hybridized carbons (Fsp3) is 0.417. The minimum atomic E-state index is -2.81. The molecule has 14 heteroatoms. The maximum atomic E-state index is 14.9. The molecule has 1 aromatic carbocycles. The number of hydrogen-bond donors (Lipinski definition) is 3. The molecule has 1 aliphatic carbocycles. The van der Waals surface area contributed by atoms with E-state index >= 15 is 0 Å². The van der Waals surface area contributed by atoms with E-state index in [1.54, 1.807) is 0 Å². The third-order valence-electron chi connectivity index (χ3n) is 6.02. The Hall–Kier alpha value is -4.17. The zero-order valence-corrected chi connectivity index (χ0v) is 20.4. The van der Waals surface area contributed by atoms with Gasteiger partial charge in [-0.15, -0.1) is 10.2 Å². The number of nitrogens with zero attached hydrogens (tertiary/aromatic N) is 5. The third-order valence-corrected chi connectivity index (χ3v) is 6.02. The van der Waals surface area contributed by atoms with Crippen LogP contribution in [0.3, 0.4) is 0 Å². The maximum Gasteiger partial charge on any atom is 0.273 e. The van der Waals surface area contributed by atoms with E-state index in [9.17, 15) is 14.0 Å². The first-order valence-electron chi connectivity index (χ1n) is 13.4. The molecule has 1 aliphatic heterocycles. The molecule has 0 unspecified atom stereocenters. The number of rotatable bonds is 9. The van der Waals surface area contributed by atoms with E-state index in [0.29, 0.717) is 38.7 Å². The maximum absolute atomic E-state index is 14.9. The minimum Gasteiger partial charge on any atom is -0.494 e. The van der Waals surface area contributed by atoms with Crippen LogP contribution in [0.15, 0.2) is 22.7 Å². The van der Waals surface area contributed by atoms with E-state index in [1.165, 1.54) is 13.2 Å². The van der Waals surface area contributed by atoms with Gasteiger partial charge < -0.3 is 29.9 Å². The highest BCUT2D eigenvalue weighted by Crippen LogP contribution is 2.39. The van der Waals surface area contributed by atoms with Gasteiger partial charge in [0.15, 0.2) is 23.1 Å². The second-order valence-corrected chi connectivity index (χ2v) is 8.77. The third kappa shape index (κ3) is 5.70. The molecule has 0 radical (unpaired) electrons. The Balaban J connectivity index is 1.47. The molecule has 3 N–H and O–H groups in total. The molecule has 3 heterocycles. The number of anilines is 3. The van der Waals surface area contributed by atoms with Gasteiger partial charge in [0.2, 0.25) is 5.91 Å². The van der Waals surface area contributed by atoms with Crippen LogP contribution in [-0.4, -0.2) is 77.4 Å². The highest BCUT2D eigenvalue weighted by molar-refractivity contribution is 6.00. The van der Waals surface area contributed by atoms with Crippen molar-refractivity contribution in [1.29, 1.82) is 0 Å². The summed E-state index contributed by atoms with van der Waals surface area (Å²) in [6.45, 7) is 0.217. The van der Waals surface area contributed by atoms with Gasteiger partial charge in [-0.2, -0.15) is 4.98 Å². The minimum absolute atomic E-state index is 0.00160. The molecule has 0 atom stereocenters. The summed E-state index contributed by atoms with van der Waals surface area (Å²) >= 11 is 0. The number of morpholine rings is 1. The van der Waals surface area contributed by atoms with Crippen LogP contribution in [0.4, 0.5) is 21.6 Å². The van der Waals surface area contributed by atoms with E-state index in [1.807, 2.05) is 5.32 Å². The van der Waals surface area contributed by atoms with Crippen LogP contribution < -0.4 is 20.7 Å². The molecular formula is C24H27FN8O5. The van der Waals surface area contributed by atoms with Gasteiger partial charge in [-0.25, -0.2) is 4.39 Å². The summed E-state index contributed by atoms with van der Waals surface area (Å²) in [5.74, 6) is -1.68. The number of ether oxygens (including phenoxy) is 2. The molecule has 0 bridgehead atoms. The Bertz CT molecular complexity index is 1440. The zero-order valence-electron chi connectivity index (χ0n) is 23.4. The Morgan fingerprint density at radius 2 is 2.03 bits per heavy atom. The van der Waals surface area contributed by atoms with Gasteiger partial charge in [-0.3, -0.25) is 14.5 Å². The second-order valence-electron chi connectivity index (χ2n) is 8.77. The van der Waals surface area contributed by atoms with Crippen molar-refractivity contribution in [3.05, 3.63) is 35.5 Å². The van der Waals surface area contributed by atoms with Crippen LogP contribution in [0.5, 0.6) is 5.75 Å². The van der Waals surface area contributed by atoms with Crippen LogP contribution in [0.1, 0.15) is 33.3 Å². The lowest BCUT2D eigenvalue weighted by Gasteiger charge is -2.24. The molecule has 38 heavy (non-hydrogen) atoms. The van der Waals surface area contributed by atoms with Crippen molar-refractivity contribution in [2.24, 2.45) is 5.92 Å². The molecule has 2 aromatic heterocycles. The van der Waals surface area contributed by atoms with Crippen molar-refractivity contribution in [2.45, 2.75) is 19.4 Å². The normalized spacial score (nSPS) is 17.2. The molecule has 2 amide bonds. The SMILES string of the molecule is [2H]C([2H])([2H])NC(=O)c1nnc(NC(=O)C2CC2)cc1Nc1cc(F)cc(-c2nc(CN3CCOCC3)no2)c1OC. The van der Waals surface area contributed by atoms with Gasteiger partial charge in [0.05, 0.1) is 43.8 Å². The van der Waals surface area contributed by atoms with E-state index < -0.39 is 24.4 Å². The molecule has 1 saturated carbocycles. The Morgan fingerprint density at radius 3 is 2.76 bits per heavy atom. The molecule has 1 saturated heterocycles. The molecule has 3 aromatic rings. The van der Waals surface area contributed by atoms with Crippen LogP contribution in [0.2, 0.25) is 0 Å². The van der Waals surface area contributed by atoms with Crippen molar-refractivity contribution in [3.8, 4) is 17.2 Å². The van der Waals surface area contributed by atoms with Crippen molar-refractivity contribution in [1.82, 2.24) is 30.6 Å². The predicted molar refractivity (Wildman–Crippen MR) is 132 cm³/mol. The first-order chi connectivity index (χ1) is 19.6. The Labute approximate surface area is 221 Å². The van der Waals surface area contributed by atoms with Crippen LogP contribution >= 0.6 is 0 Å². The molecule has 5 rings (SSSR count). The molecule has 13 nitrogen and oxygen atoms in total. The number of methoxy groups -OCH3 is 1. The van der Waals surface area contributed by atoms with Crippen LogP contribution in [0, 0.1) is 11.7 Å². The molecule has 200 valence electrons. The number of carbonyl (C=O) groups is 2. The second kappa shape index (κ2) is 11.1. The average molecular weight is 530 g/mol. The number of nitrogens with one attached hydrogen (secondary N) is 3. The van der Waals surface area contributed by atoms with Crippen molar-refractivity contribution >= 4 is 29.0 Å². The van der Waals surface area contributed by atoms with Crippen molar-refractivity contribution < 1.29 is 32.1 Å². The van der Waals surface area contributed by atoms with Crippen molar-refractivity contribution in [2.75, 3.05) is 51.0 Å². The van der Waals surface area contributed by atoms with Crippen LogP contribution in [0.25, 0.3) is 11.5 Å². The van der Waals surface area contributed by atoms with Gasteiger partial charge in [0.1, 0.15) is 5.82 Å². The summed E-state index contributed by atoms with van der Waals surface area (Å²) in [6, 6.07) is 3.55. The number of hydrogen-bond acceptors (Lipinski definition) is 11. The van der Waals surface area contributed by atoms with E-state index in [-0.39, 0.29) is 46.2 Å². The number of carbonyl (C=O) groups excluding carboxylic acids is 2. The molecular weight excluding hydrogens is 499 g/mol. The predicted octanol–water partition coefficient (Wildman–Crippen LogP) is 1.96. The fourth-order valence-electron chi connectivity index (χ4n) is 3.95. The highest BCUT2D eigenvalue weighted by atomic mass is 19.1. The summed E-state index contributed by atoms with van der Waals surface area (Å²) < 4.78 is 53.3. The molecule has 0 spiro atoms. The van der Waals surface area contributed by atoms with Crippen LogP contribution in [-0.2, 0) is 16.1 Å². The highest BCUT2D eigenvalue weighted by Gasteiger charge is 2.30. The van der Waals surface area contributed by atoms with Gasteiger partial charge in [0.25, 0.3) is 11.8 Å². The smallest absolute Gasteiger partial charge is 0.273 e. The zero-order chi connectivity index (χ0) is 29.1. The largest absolute Gasteiger partial charge is 0.494 e.